The number of benzene rings is 2. The van der Waals surface area contributed by atoms with E-state index in [9.17, 15) is 4.79 Å². The molecule has 0 atom stereocenters. The molecule has 1 heterocycles. The van der Waals surface area contributed by atoms with Crippen molar-refractivity contribution < 1.29 is 9.53 Å². The third-order valence-corrected chi connectivity index (χ3v) is 3.76. The van der Waals surface area contributed by atoms with Crippen LogP contribution in [0.15, 0.2) is 30.3 Å². The third-order valence-electron chi connectivity index (χ3n) is 3.76. The van der Waals surface area contributed by atoms with Crippen molar-refractivity contribution in [2.45, 2.75) is 39.2 Å². The molecule has 0 spiro atoms. The molecule has 0 aliphatic carbocycles. The molecule has 3 rings (SSSR count). The minimum absolute atomic E-state index is 0.0489. The van der Waals surface area contributed by atoms with E-state index in [1.54, 1.807) is 0 Å². The van der Waals surface area contributed by atoms with Crippen molar-refractivity contribution >= 4 is 22.4 Å². The predicted molar refractivity (Wildman–Crippen MR) is 81.3 cm³/mol. The van der Waals surface area contributed by atoms with Crippen LogP contribution < -0.4 is 10.1 Å². The van der Waals surface area contributed by atoms with Gasteiger partial charge in [-0.15, -0.1) is 0 Å². The highest BCUT2D eigenvalue weighted by Crippen LogP contribution is 2.41. The molecule has 3 heteroatoms. The van der Waals surface area contributed by atoms with Gasteiger partial charge in [0.05, 0.1) is 0 Å². The largest absolute Gasteiger partial charge is 0.487 e. The summed E-state index contributed by atoms with van der Waals surface area (Å²) in [5.41, 5.74) is 1.91. The van der Waals surface area contributed by atoms with Crippen LogP contribution in [0.3, 0.4) is 0 Å². The van der Waals surface area contributed by atoms with Gasteiger partial charge in [0, 0.05) is 23.4 Å². The quantitative estimate of drug-likeness (QED) is 0.852. The Labute approximate surface area is 118 Å². The van der Waals surface area contributed by atoms with Crippen molar-refractivity contribution in [1.29, 1.82) is 0 Å². The number of amides is 1. The maximum Gasteiger partial charge on any atom is 0.221 e. The van der Waals surface area contributed by atoms with E-state index in [-0.39, 0.29) is 11.5 Å². The normalized spacial score (nSPS) is 16.4. The lowest BCUT2D eigenvalue weighted by Gasteiger charge is -2.33. The number of ether oxygens (including phenoxy) is 1. The van der Waals surface area contributed by atoms with Crippen LogP contribution in [0.1, 0.15) is 32.8 Å². The van der Waals surface area contributed by atoms with Crippen LogP contribution in [0.25, 0.3) is 10.8 Å². The molecule has 1 N–H and O–H groups in total. The Morgan fingerprint density at radius 3 is 2.65 bits per heavy atom. The van der Waals surface area contributed by atoms with Crippen molar-refractivity contribution in [1.82, 2.24) is 0 Å². The Bertz CT molecular complexity index is 689. The average Bonchev–Trinajstić information content (AvgIpc) is 2.39. The minimum Gasteiger partial charge on any atom is -0.487 e. The maximum atomic E-state index is 11.4. The number of carbonyl (C=O) groups is 1. The molecule has 0 fully saturated rings. The molecule has 104 valence electrons. The van der Waals surface area contributed by atoms with Gasteiger partial charge >= 0.3 is 0 Å². The van der Waals surface area contributed by atoms with Gasteiger partial charge in [-0.05, 0) is 38.3 Å². The lowest BCUT2D eigenvalue weighted by Crippen LogP contribution is -2.32. The maximum absolute atomic E-state index is 11.4. The highest BCUT2D eigenvalue weighted by molar-refractivity contribution is 6.04. The number of nitrogens with one attached hydrogen (secondary N) is 1. The molecule has 0 aromatic heterocycles. The van der Waals surface area contributed by atoms with Crippen molar-refractivity contribution in [2.24, 2.45) is 0 Å². The van der Waals surface area contributed by atoms with Gasteiger partial charge in [0.15, 0.2) is 0 Å². The summed E-state index contributed by atoms with van der Waals surface area (Å²) < 4.78 is 6.18. The van der Waals surface area contributed by atoms with Crippen LogP contribution in [-0.4, -0.2) is 11.5 Å². The SMILES string of the molecule is CC(=O)Nc1cc2c(c3ccccc13)OC(C)(C)CC2. The number of fused-ring (bicyclic) bond motifs is 3. The number of carbonyl (C=O) groups excluding carboxylic acids is 1. The van der Waals surface area contributed by atoms with Gasteiger partial charge in [-0.2, -0.15) is 0 Å². The first kappa shape index (κ1) is 13.0. The third kappa shape index (κ3) is 2.24. The summed E-state index contributed by atoms with van der Waals surface area (Å²) in [6.45, 7) is 5.77. The molecule has 1 aliphatic heterocycles. The summed E-state index contributed by atoms with van der Waals surface area (Å²) in [6.07, 6.45) is 1.96. The van der Waals surface area contributed by atoms with Crippen molar-refractivity contribution in [3.63, 3.8) is 0 Å². The summed E-state index contributed by atoms with van der Waals surface area (Å²) in [6, 6.07) is 10.1. The van der Waals surface area contributed by atoms with Crippen LogP contribution in [0, 0.1) is 0 Å². The molecule has 2 aromatic carbocycles. The first-order chi connectivity index (χ1) is 9.46. The van der Waals surface area contributed by atoms with Crippen LogP contribution in [0.2, 0.25) is 0 Å². The van der Waals surface area contributed by atoms with Gasteiger partial charge < -0.3 is 10.1 Å². The summed E-state index contributed by atoms with van der Waals surface area (Å²) in [7, 11) is 0. The van der Waals surface area contributed by atoms with Crippen LogP contribution in [0.4, 0.5) is 5.69 Å². The fourth-order valence-electron chi connectivity index (χ4n) is 2.77. The van der Waals surface area contributed by atoms with E-state index in [1.807, 2.05) is 24.3 Å². The fraction of sp³-hybridized carbons (Fsp3) is 0.353. The molecule has 0 unspecified atom stereocenters. The standard InChI is InChI=1S/C17H19NO2/c1-11(19)18-15-10-12-8-9-17(2,3)20-16(12)14-7-5-4-6-13(14)15/h4-7,10H,8-9H2,1-3H3,(H,18,19). The summed E-state index contributed by atoms with van der Waals surface area (Å²) in [5, 5.41) is 5.02. The van der Waals surface area contributed by atoms with Crippen LogP contribution >= 0.6 is 0 Å². The number of anilines is 1. The van der Waals surface area contributed by atoms with E-state index in [4.69, 9.17) is 4.74 Å². The highest BCUT2D eigenvalue weighted by Gasteiger charge is 2.28. The Kier molecular flexibility index (Phi) is 2.93. The molecular weight excluding hydrogens is 250 g/mol. The molecule has 0 radical (unpaired) electrons. The lowest BCUT2D eigenvalue weighted by atomic mass is 9.91. The smallest absolute Gasteiger partial charge is 0.221 e. The molecule has 0 saturated carbocycles. The first-order valence-electron chi connectivity index (χ1n) is 6.97. The molecule has 1 amide bonds. The van der Waals surface area contributed by atoms with E-state index in [0.717, 1.165) is 35.1 Å². The Morgan fingerprint density at radius 2 is 1.95 bits per heavy atom. The molecule has 3 nitrogen and oxygen atoms in total. The zero-order valence-electron chi connectivity index (χ0n) is 12.1. The Hall–Kier alpha value is -2.03. The molecule has 20 heavy (non-hydrogen) atoms. The van der Waals surface area contributed by atoms with Crippen LogP contribution in [-0.2, 0) is 11.2 Å². The van der Waals surface area contributed by atoms with E-state index in [0.29, 0.717) is 0 Å². The van der Waals surface area contributed by atoms with E-state index in [1.165, 1.54) is 12.5 Å². The molecule has 0 saturated heterocycles. The molecular formula is C17H19NO2. The van der Waals surface area contributed by atoms with E-state index < -0.39 is 0 Å². The van der Waals surface area contributed by atoms with Gasteiger partial charge in [-0.25, -0.2) is 0 Å². The zero-order chi connectivity index (χ0) is 14.3. The van der Waals surface area contributed by atoms with E-state index >= 15 is 0 Å². The topological polar surface area (TPSA) is 38.3 Å². The number of hydrogen-bond donors (Lipinski definition) is 1. The van der Waals surface area contributed by atoms with Crippen molar-refractivity contribution in [3.05, 3.63) is 35.9 Å². The van der Waals surface area contributed by atoms with Crippen LogP contribution in [0.5, 0.6) is 5.75 Å². The molecule has 2 aromatic rings. The monoisotopic (exact) mass is 269 g/mol. The van der Waals surface area contributed by atoms with Gasteiger partial charge in [0.25, 0.3) is 0 Å². The van der Waals surface area contributed by atoms with E-state index in [2.05, 4.69) is 25.2 Å². The summed E-state index contributed by atoms with van der Waals surface area (Å²) in [4.78, 5) is 11.4. The average molecular weight is 269 g/mol. The highest BCUT2D eigenvalue weighted by atomic mass is 16.5. The Morgan fingerprint density at radius 1 is 1.25 bits per heavy atom. The summed E-state index contributed by atoms with van der Waals surface area (Å²) in [5.74, 6) is 0.915. The number of rotatable bonds is 1. The van der Waals surface area contributed by atoms with Gasteiger partial charge in [0.2, 0.25) is 5.91 Å². The number of aryl methyl sites for hydroxylation is 1. The van der Waals surface area contributed by atoms with Crippen molar-refractivity contribution in [3.8, 4) is 5.75 Å². The second-order valence-electron chi connectivity index (χ2n) is 6.00. The predicted octanol–water partition coefficient (Wildman–Crippen LogP) is 3.90. The second-order valence-corrected chi connectivity index (χ2v) is 6.00. The first-order valence-corrected chi connectivity index (χ1v) is 6.97. The fourth-order valence-corrected chi connectivity index (χ4v) is 2.77. The van der Waals surface area contributed by atoms with Gasteiger partial charge in [-0.3, -0.25) is 4.79 Å². The number of hydrogen-bond acceptors (Lipinski definition) is 2. The Balaban J connectivity index is 2.23. The zero-order valence-corrected chi connectivity index (χ0v) is 12.1. The van der Waals surface area contributed by atoms with Gasteiger partial charge in [-0.1, -0.05) is 24.3 Å². The van der Waals surface area contributed by atoms with Gasteiger partial charge in [0.1, 0.15) is 11.4 Å². The second kappa shape index (κ2) is 4.51. The lowest BCUT2D eigenvalue weighted by molar-refractivity contribution is -0.114. The molecule has 0 bridgehead atoms. The van der Waals surface area contributed by atoms with Crippen molar-refractivity contribution in [2.75, 3.05) is 5.32 Å². The summed E-state index contributed by atoms with van der Waals surface area (Å²) >= 11 is 0. The molecule has 1 aliphatic rings. The minimum atomic E-state index is -0.134.